The van der Waals surface area contributed by atoms with E-state index in [1.54, 1.807) is 28.9 Å². The molecule has 4 rings (SSSR count). The molecule has 0 saturated carbocycles. The Labute approximate surface area is 205 Å². The second-order valence-electron chi connectivity index (χ2n) is 9.06. The molecule has 2 heterocycles. The molecule has 0 radical (unpaired) electrons. The number of carbonyl (C=O) groups excluding carboxylic acids is 4. The number of ether oxygens (including phenoxy) is 1. The van der Waals surface area contributed by atoms with Crippen LogP contribution in [-0.2, 0) is 19.1 Å². The van der Waals surface area contributed by atoms with Crippen molar-refractivity contribution in [2.75, 3.05) is 18.1 Å². The van der Waals surface area contributed by atoms with Gasteiger partial charge < -0.3 is 15.0 Å². The van der Waals surface area contributed by atoms with E-state index in [0.29, 0.717) is 37.1 Å². The Hall–Kier alpha value is -3.68. The Morgan fingerprint density at radius 3 is 2.54 bits per heavy atom. The zero-order valence-corrected chi connectivity index (χ0v) is 20.2. The van der Waals surface area contributed by atoms with E-state index < -0.39 is 11.7 Å². The van der Waals surface area contributed by atoms with Crippen molar-refractivity contribution in [1.29, 1.82) is 0 Å². The van der Waals surface area contributed by atoms with Crippen LogP contribution in [0.2, 0.25) is 0 Å². The van der Waals surface area contributed by atoms with Crippen LogP contribution in [0.15, 0.2) is 54.6 Å². The van der Waals surface area contributed by atoms with E-state index in [-0.39, 0.29) is 43.1 Å². The lowest BCUT2D eigenvalue weighted by Crippen LogP contribution is -2.62. The maximum Gasteiger partial charge on any atom is 0.308 e. The van der Waals surface area contributed by atoms with Gasteiger partial charge in [-0.25, -0.2) is 0 Å². The summed E-state index contributed by atoms with van der Waals surface area (Å²) in [6, 6.07) is 16.0. The van der Waals surface area contributed by atoms with Crippen LogP contribution >= 0.6 is 0 Å². The summed E-state index contributed by atoms with van der Waals surface area (Å²) in [4.78, 5) is 54.4. The zero-order chi connectivity index (χ0) is 25.0. The number of hydrogen-bond acceptors (Lipinski definition) is 5. The van der Waals surface area contributed by atoms with Gasteiger partial charge in [-0.3, -0.25) is 24.1 Å². The van der Waals surface area contributed by atoms with Crippen LogP contribution < -0.4 is 10.2 Å². The highest BCUT2D eigenvalue weighted by Crippen LogP contribution is 2.44. The summed E-state index contributed by atoms with van der Waals surface area (Å²) in [6.07, 6.45) is 1.58. The summed E-state index contributed by atoms with van der Waals surface area (Å²) in [7, 11) is 0. The molecule has 2 aliphatic heterocycles. The fraction of sp³-hybridized carbons (Fsp3) is 0.407. The number of nitrogens with zero attached hydrogens (tertiary/aromatic N) is 2. The van der Waals surface area contributed by atoms with Crippen LogP contribution in [0.3, 0.4) is 0 Å². The number of carbonyl (C=O) groups is 4. The maximum absolute atomic E-state index is 13.3. The Balaban J connectivity index is 1.42. The Morgan fingerprint density at radius 1 is 1.09 bits per heavy atom. The predicted molar refractivity (Wildman–Crippen MR) is 130 cm³/mol. The Kier molecular flexibility index (Phi) is 7.19. The van der Waals surface area contributed by atoms with E-state index in [0.717, 1.165) is 5.56 Å². The van der Waals surface area contributed by atoms with Gasteiger partial charge in [-0.15, -0.1) is 0 Å². The predicted octanol–water partition coefficient (Wildman–Crippen LogP) is 3.58. The van der Waals surface area contributed by atoms with Crippen molar-refractivity contribution >= 4 is 29.4 Å². The number of para-hydroxylation sites is 1. The molecule has 2 aliphatic rings. The van der Waals surface area contributed by atoms with Crippen LogP contribution in [0.4, 0.5) is 5.69 Å². The monoisotopic (exact) mass is 477 g/mol. The van der Waals surface area contributed by atoms with Gasteiger partial charge in [0.2, 0.25) is 11.8 Å². The van der Waals surface area contributed by atoms with Gasteiger partial charge in [0.1, 0.15) is 5.66 Å². The van der Waals surface area contributed by atoms with E-state index in [1.807, 2.05) is 49.4 Å². The van der Waals surface area contributed by atoms with Gasteiger partial charge in [-0.05, 0) is 44.4 Å². The maximum atomic E-state index is 13.3. The number of amides is 3. The SMILES string of the molecule is CCOC(=O)CC(NC(=O)CCCN1C(=O)c2ccccc2N2C(=O)CCC12C)c1ccccc1. The number of nitrogens with one attached hydrogen (secondary N) is 1. The van der Waals surface area contributed by atoms with E-state index in [1.165, 1.54) is 0 Å². The standard InChI is InChI=1S/C27H31N3O5/c1-3-35-25(33)18-21(19-10-5-4-6-11-19)28-23(31)14-9-17-29-26(34)20-12-7-8-13-22(20)30-24(32)15-16-27(29,30)2/h4-8,10-13,21H,3,9,14-18H2,1-2H3,(H,28,31). The number of benzene rings is 2. The molecule has 0 aromatic heterocycles. The van der Waals surface area contributed by atoms with Crippen molar-refractivity contribution in [3.63, 3.8) is 0 Å². The lowest BCUT2D eigenvalue weighted by Gasteiger charge is -2.48. The number of rotatable bonds is 9. The molecule has 1 saturated heterocycles. The molecule has 2 unspecified atom stereocenters. The van der Waals surface area contributed by atoms with Gasteiger partial charge in [0.05, 0.1) is 30.3 Å². The fourth-order valence-electron chi connectivity index (χ4n) is 5.03. The molecule has 8 nitrogen and oxygen atoms in total. The molecule has 184 valence electrons. The van der Waals surface area contributed by atoms with Crippen molar-refractivity contribution in [2.45, 2.75) is 57.7 Å². The first kappa shape index (κ1) is 24.4. The molecular weight excluding hydrogens is 446 g/mol. The number of fused-ring (bicyclic) bond motifs is 3. The average Bonchev–Trinajstić information content (AvgIpc) is 3.16. The quantitative estimate of drug-likeness (QED) is 0.557. The lowest BCUT2D eigenvalue weighted by atomic mass is 9.97. The van der Waals surface area contributed by atoms with Crippen LogP contribution in [0, 0.1) is 0 Å². The first-order valence-electron chi connectivity index (χ1n) is 12.1. The molecule has 1 fully saturated rings. The fourth-order valence-corrected chi connectivity index (χ4v) is 5.03. The van der Waals surface area contributed by atoms with E-state index in [2.05, 4.69) is 5.32 Å². The highest BCUT2D eigenvalue weighted by atomic mass is 16.5. The van der Waals surface area contributed by atoms with Crippen LogP contribution in [0.1, 0.15) is 67.9 Å². The number of anilines is 1. The molecular formula is C27H31N3O5. The van der Waals surface area contributed by atoms with E-state index in [9.17, 15) is 19.2 Å². The van der Waals surface area contributed by atoms with Crippen LogP contribution in [0.25, 0.3) is 0 Å². The van der Waals surface area contributed by atoms with Crippen molar-refractivity contribution in [2.24, 2.45) is 0 Å². The number of hydrogen-bond donors (Lipinski definition) is 1. The number of esters is 1. The topological polar surface area (TPSA) is 96.0 Å². The molecule has 35 heavy (non-hydrogen) atoms. The van der Waals surface area contributed by atoms with Gasteiger partial charge >= 0.3 is 5.97 Å². The van der Waals surface area contributed by atoms with Crippen molar-refractivity contribution in [1.82, 2.24) is 10.2 Å². The summed E-state index contributed by atoms with van der Waals surface area (Å²) >= 11 is 0. The molecule has 0 aliphatic carbocycles. The highest BCUT2D eigenvalue weighted by Gasteiger charge is 2.52. The van der Waals surface area contributed by atoms with Gasteiger partial charge in [0, 0.05) is 19.4 Å². The van der Waals surface area contributed by atoms with E-state index >= 15 is 0 Å². The van der Waals surface area contributed by atoms with Crippen LogP contribution in [0.5, 0.6) is 0 Å². The summed E-state index contributed by atoms with van der Waals surface area (Å²) in [5, 5.41) is 2.94. The Bertz CT molecular complexity index is 1120. The lowest BCUT2D eigenvalue weighted by molar-refractivity contribution is -0.143. The first-order valence-corrected chi connectivity index (χ1v) is 12.1. The Morgan fingerprint density at radius 2 is 1.80 bits per heavy atom. The van der Waals surface area contributed by atoms with Gasteiger partial charge in [0.15, 0.2) is 0 Å². The van der Waals surface area contributed by atoms with Crippen molar-refractivity contribution in [3.8, 4) is 0 Å². The minimum Gasteiger partial charge on any atom is -0.466 e. The van der Waals surface area contributed by atoms with Crippen LogP contribution in [-0.4, -0.2) is 47.4 Å². The smallest absolute Gasteiger partial charge is 0.308 e. The first-order chi connectivity index (χ1) is 16.8. The molecule has 1 N–H and O–H groups in total. The second-order valence-corrected chi connectivity index (χ2v) is 9.06. The van der Waals surface area contributed by atoms with E-state index in [4.69, 9.17) is 4.74 Å². The third-order valence-electron chi connectivity index (χ3n) is 6.74. The highest BCUT2D eigenvalue weighted by molar-refractivity contribution is 6.10. The molecule has 0 spiro atoms. The minimum absolute atomic E-state index is 0.000128. The third-order valence-corrected chi connectivity index (χ3v) is 6.74. The minimum atomic E-state index is -0.741. The third kappa shape index (κ3) is 4.92. The van der Waals surface area contributed by atoms with Gasteiger partial charge in [-0.2, -0.15) is 0 Å². The molecule has 8 heteroatoms. The van der Waals surface area contributed by atoms with Gasteiger partial charge in [-0.1, -0.05) is 42.5 Å². The van der Waals surface area contributed by atoms with Gasteiger partial charge in [0.25, 0.3) is 5.91 Å². The molecule has 3 amide bonds. The largest absolute Gasteiger partial charge is 0.466 e. The normalized spacial score (nSPS) is 19.7. The summed E-state index contributed by atoms with van der Waals surface area (Å²) in [5.41, 5.74) is 1.24. The summed E-state index contributed by atoms with van der Waals surface area (Å²) in [6.45, 7) is 4.28. The van der Waals surface area contributed by atoms with Crippen molar-refractivity contribution in [3.05, 3.63) is 65.7 Å². The summed E-state index contributed by atoms with van der Waals surface area (Å²) < 4.78 is 5.07. The molecule has 0 bridgehead atoms. The molecule has 2 aromatic carbocycles. The molecule has 2 atom stereocenters. The average molecular weight is 478 g/mol. The summed E-state index contributed by atoms with van der Waals surface area (Å²) in [5.74, 6) is -0.713. The van der Waals surface area contributed by atoms with Crippen molar-refractivity contribution < 1.29 is 23.9 Å². The molecule has 2 aromatic rings. The zero-order valence-electron chi connectivity index (χ0n) is 20.2. The second kappa shape index (κ2) is 10.3.